The molecule has 0 bridgehead atoms. The van der Waals surface area contributed by atoms with Crippen LogP contribution in [0.1, 0.15) is 23.2 Å². The average molecular weight is 417 g/mol. The molecule has 2 aromatic heterocycles. The minimum absolute atomic E-state index is 0.0403. The van der Waals surface area contributed by atoms with Crippen LogP contribution in [0.5, 0.6) is 0 Å². The zero-order valence-corrected chi connectivity index (χ0v) is 17.2. The second-order valence-corrected chi connectivity index (χ2v) is 8.71. The van der Waals surface area contributed by atoms with Crippen molar-refractivity contribution in [3.05, 3.63) is 72.6 Å². The van der Waals surface area contributed by atoms with Crippen LogP contribution in [-0.4, -0.2) is 36.8 Å². The Balaban J connectivity index is 1.58. The molecule has 30 heavy (non-hydrogen) atoms. The van der Waals surface area contributed by atoms with Crippen molar-refractivity contribution in [2.24, 2.45) is 0 Å². The van der Waals surface area contributed by atoms with Gasteiger partial charge in [-0.2, -0.15) is 0 Å². The lowest BCUT2D eigenvalue weighted by Crippen LogP contribution is -2.25. The molecule has 1 fully saturated rings. The van der Waals surface area contributed by atoms with E-state index in [0.29, 0.717) is 22.3 Å². The van der Waals surface area contributed by atoms with Crippen molar-refractivity contribution in [3.8, 4) is 22.5 Å². The Morgan fingerprint density at radius 2 is 1.80 bits per heavy atom. The number of aromatic nitrogens is 3. The van der Waals surface area contributed by atoms with E-state index in [1.165, 1.54) is 0 Å². The Labute approximate surface area is 176 Å². The first-order chi connectivity index (χ1) is 14.6. The minimum atomic E-state index is -1.29. The molecule has 1 saturated carbocycles. The normalized spacial score (nSPS) is 14.6. The Morgan fingerprint density at radius 3 is 2.47 bits per heavy atom. The quantitative estimate of drug-likeness (QED) is 0.538. The molecule has 1 aliphatic rings. The minimum Gasteiger partial charge on any atom is -0.349 e. The fraction of sp³-hybridized carbons (Fsp3) is 0.174. The SMILES string of the molecule is CS(=O)c1nc(-c2ccccc2)cn2c(-c3ccc(C(=O)NC4CC4)cc3)cnc12. The number of carbonyl (C=O) groups is 1. The van der Waals surface area contributed by atoms with Gasteiger partial charge in [0.05, 0.1) is 28.4 Å². The topological polar surface area (TPSA) is 76.4 Å². The highest BCUT2D eigenvalue weighted by Gasteiger charge is 2.23. The van der Waals surface area contributed by atoms with Gasteiger partial charge in [-0.3, -0.25) is 13.4 Å². The van der Waals surface area contributed by atoms with Crippen molar-refractivity contribution in [1.82, 2.24) is 19.7 Å². The van der Waals surface area contributed by atoms with Crippen LogP contribution in [0.2, 0.25) is 0 Å². The molecule has 7 heteroatoms. The summed E-state index contributed by atoms with van der Waals surface area (Å²) >= 11 is 0. The second-order valence-electron chi connectivity index (χ2n) is 7.41. The highest BCUT2D eigenvalue weighted by Crippen LogP contribution is 2.27. The molecule has 1 amide bonds. The highest BCUT2D eigenvalue weighted by molar-refractivity contribution is 7.84. The summed E-state index contributed by atoms with van der Waals surface area (Å²) in [4.78, 5) is 21.4. The van der Waals surface area contributed by atoms with Crippen molar-refractivity contribution in [2.75, 3.05) is 6.26 Å². The molecule has 1 atom stereocenters. The number of amides is 1. The maximum atomic E-state index is 12.4. The monoisotopic (exact) mass is 416 g/mol. The molecule has 0 radical (unpaired) electrons. The van der Waals surface area contributed by atoms with Crippen LogP contribution in [0, 0.1) is 0 Å². The van der Waals surface area contributed by atoms with Gasteiger partial charge in [0.2, 0.25) is 0 Å². The van der Waals surface area contributed by atoms with Crippen molar-refractivity contribution in [1.29, 1.82) is 0 Å². The van der Waals surface area contributed by atoms with Crippen LogP contribution in [0.3, 0.4) is 0 Å². The second kappa shape index (κ2) is 7.50. The van der Waals surface area contributed by atoms with Gasteiger partial charge in [0.1, 0.15) is 0 Å². The third-order valence-electron chi connectivity index (χ3n) is 5.16. The van der Waals surface area contributed by atoms with Crippen LogP contribution in [0.25, 0.3) is 28.2 Å². The van der Waals surface area contributed by atoms with Gasteiger partial charge in [-0.15, -0.1) is 0 Å². The van der Waals surface area contributed by atoms with Crippen molar-refractivity contribution >= 4 is 22.4 Å². The summed E-state index contributed by atoms with van der Waals surface area (Å²) in [7, 11) is -1.29. The number of nitrogens with one attached hydrogen (secondary N) is 1. The molecule has 4 aromatic rings. The molecule has 1 aliphatic carbocycles. The maximum Gasteiger partial charge on any atom is 0.251 e. The number of hydrogen-bond acceptors (Lipinski definition) is 4. The number of fused-ring (bicyclic) bond motifs is 1. The summed E-state index contributed by atoms with van der Waals surface area (Å²) in [6.45, 7) is 0. The third-order valence-corrected chi connectivity index (χ3v) is 5.98. The largest absolute Gasteiger partial charge is 0.349 e. The summed E-state index contributed by atoms with van der Waals surface area (Å²) in [5.41, 5.74) is 4.65. The van der Waals surface area contributed by atoms with E-state index in [2.05, 4.69) is 15.3 Å². The Kier molecular flexibility index (Phi) is 4.67. The molecule has 1 N–H and O–H groups in total. The lowest BCUT2D eigenvalue weighted by molar-refractivity contribution is 0.0951. The molecule has 0 spiro atoms. The van der Waals surface area contributed by atoms with Gasteiger partial charge in [0, 0.05) is 35.2 Å². The first-order valence-electron chi connectivity index (χ1n) is 9.78. The molecular formula is C23H20N4O2S. The lowest BCUT2D eigenvalue weighted by Gasteiger charge is -2.09. The fourth-order valence-corrected chi connectivity index (χ4v) is 4.04. The van der Waals surface area contributed by atoms with E-state index in [-0.39, 0.29) is 5.91 Å². The molecule has 0 aliphatic heterocycles. The molecule has 2 heterocycles. The predicted molar refractivity (Wildman–Crippen MR) is 117 cm³/mol. The van der Waals surface area contributed by atoms with Crippen LogP contribution in [0.15, 0.2) is 72.0 Å². The number of hydrogen-bond donors (Lipinski definition) is 1. The van der Waals surface area contributed by atoms with Gasteiger partial charge < -0.3 is 5.32 Å². The van der Waals surface area contributed by atoms with Gasteiger partial charge in [-0.25, -0.2) is 9.97 Å². The van der Waals surface area contributed by atoms with E-state index < -0.39 is 10.8 Å². The first-order valence-corrected chi connectivity index (χ1v) is 11.3. The smallest absolute Gasteiger partial charge is 0.251 e. The van der Waals surface area contributed by atoms with Crippen LogP contribution in [0.4, 0.5) is 0 Å². The predicted octanol–water partition coefficient (Wildman–Crippen LogP) is 3.69. The standard InChI is InChI=1S/C23H20N4O2S/c1-30(29)23-21-24-13-20(27(21)14-19(26-23)15-5-3-2-4-6-15)16-7-9-17(10-8-16)22(28)25-18-11-12-18/h2-10,13-14,18H,11-12H2,1H3,(H,25,28). The first kappa shape index (κ1) is 18.7. The number of nitrogens with zero attached hydrogens (tertiary/aromatic N) is 3. The van der Waals surface area contributed by atoms with Crippen LogP contribution in [-0.2, 0) is 10.8 Å². The number of benzene rings is 2. The van der Waals surface area contributed by atoms with Crippen molar-refractivity contribution < 1.29 is 9.00 Å². The van der Waals surface area contributed by atoms with Gasteiger partial charge >= 0.3 is 0 Å². The van der Waals surface area contributed by atoms with E-state index in [0.717, 1.165) is 35.4 Å². The van der Waals surface area contributed by atoms with E-state index in [1.807, 2.05) is 65.2 Å². The summed E-state index contributed by atoms with van der Waals surface area (Å²) in [5, 5.41) is 3.45. The van der Waals surface area contributed by atoms with Crippen LogP contribution >= 0.6 is 0 Å². The van der Waals surface area contributed by atoms with Gasteiger partial charge in [0.25, 0.3) is 5.91 Å². The summed E-state index contributed by atoms with van der Waals surface area (Å²) in [6, 6.07) is 17.6. The summed E-state index contributed by atoms with van der Waals surface area (Å²) in [5.74, 6) is -0.0403. The fourth-order valence-electron chi connectivity index (χ4n) is 3.40. The zero-order valence-electron chi connectivity index (χ0n) is 16.4. The summed E-state index contributed by atoms with van der Waals surface area (Å²) < 4.78 is 14.3. The van der Waals surface area contributed by atoms with E-state index in [1.54, 1.807) is 12.5 Å². The van der Waals surface area contributed by atoms with Gasteiger partial charge in [-0.1, -0.05) is 42.5 Å². The summed E-state index contributed by atoms with van der Waals surface area (Å²) in [6.07, 6.45) is 7.40. The number of rotatable bonds is 5. The van der Waals surface area contributed by atoms with Gasteiger partial charge in [0.15, 0.2) is 10.7 Å². The Morgan fingerprint density at radius 1 is 1.07 bits per heavy atom. The van der Waals surface area contributed by atoms with E-state index in [9.17, 15) is 9.00 Å². The van der Waals surface area contributed by atoms with E-state index in [4.69, 9.17) is 0 Å². The van der Waals surface area contributed by atoms with Crippen molar-refractivity contribution in [2.45, 2.75) is 23.9 Å². The zero-order chi connectivity index (χ0) is 20.7. The molecule has 5 rings (SSSR count). The average Bonchev–Trinajstić information content (AvgIpc) is 3.49. The lowest BCUT2D eigenvalue weighted by atomic mass is 10.1. The molecular weight excluding hydrogens is 396 g/mol. The third kappa shape index (κ3) is 3.52. The molecule has 150 valence electrons. The molecule has 2 aromatic carbocycles. The van der Waals surface area contributed by atoms with Crippen LogP contribution < -0.4 is 5.32 Å². The molecule has 0 saturated heterocycles. The molecule has 6 nitrogen and oxygen atoms in total. The Hall–Kier alpha value is -3.32. The number of imidazole rings is 1. The van der Waals surface area contributed by atoms with E-state index >= 15 is 0 Å². The van der Waals surface area contributed by atoms with Crippen molar-refractivity contribution in [3.63, 3.8) is 0 Å². The van der Waals surface area contributed by atoms with Gasteiger partial charge in [-0.05, 0) is 25.0 Å². The Bertz CT molecular complexity index is 1260. The maximum absolute atomic E-state index is 12.4. The molecule has 1 unspecified atom stereocenters. The number of carbonyl (C=O) groups excluding carboxylic acids is 1. The highest BCUT2D eigenvalue weighted by atomic mass is 32.2.